The number of hydrogen-bond donors (Lipinski definition) is 1. The summed E-state index contributed by atoms with van der Waals surface area (Å²) in [5.74, 6) is -0.217. The molecule has 1 unspecified atom stereocenters. The first kappa shape index (κ1) is 18.9. The summed E-state index contributed by atoms with van der Waals surface area (Å²) < 4.78 is 15.6. The van der Waals surface area contributed by atoms with Gasteiger partial charge in [0.25, 0.3) is 0 Å². The minimum absolute atomic E-state index is 0.138. The van der Waals surface area contributed by atoms with Crippen LogP contribution in [0.5, 0.6) is 0 Å². The fourth-order valence-corrected chi connectivity index (χ4v) is 3.92. The van der Waals surface area contributed by atoms with Crippen molar-refractivity contribution in [3.05, 3.63) is 70.8 Å². The minimum Gasteiger partial charge on any atom is -0.379 e. The number of allylic oxidation sites excluding steroid dienone is 1. The van der Waals surface area contributed by atoms with Crippen LogP contribution in [0.1, 0.15) is 32.1 Å². The average Bonchev–Trinajstić information content (AvgIpc) is 2.87. The number of pyridine rings is 1. The molecule has 0 bridgehead atoms. The molecule has 0 aliphatic heterocycles. The van der Waals surface area contributed by atoms with Gasteiger partial charge in [-0.2, -0.15) is 0 Å². The van der Waals surface area contributed by atoms with Crippen molar-refractivity contribution in [1.82, 2.24) is 9.55 Å². The Bertz CT molecular complexity index is 974. The van der Waals surface area contributed by atoms with Gasteiger partial charge in [0, 0.05) is 17.9 Å². The molecule has 0 spiro atoms. The third kappa shape index (κ3) is 3.24. The van der Waals surface area contributed by atoms with Gasteiger partial charge in [0.1, 0.15) is 9.87 Å². The summed E-state index contributed by atoms with van der Waals surface area (Å²) in [7, 11) is 0. The van der Waals surface area contributed by atoms with Crippen molar-refractivity contribution in [2.75, 3.05) is 5.32 Å². The molecule has 26 heavy (non-hydrogen) atoms. The van der Waals surface area contributed by atoms with Crippen LogP contribution in [0.15, 0.2) is 36.9 Å². The Morgan fingerprint density at radius 2 is 1.85 bits per heavy atom. The van der Waals surface area contributed by atoms with E-state index in [2.05, 4.69) is 59.8 Å². The number of aromatic nitrogens is 2. The van der Waals surface area contributed by atoms with Crippen LogP contribution in [0.3, 0.4) is 0 Å². The second-order valence-corrected chi connectivity index (χ2v) is 7.84. The Kier molecular flexibility index (Phi) is 5.37. The minimum atomic E-state index is -0.217. The molecule has 5 heteroatoms. The Morgan fingerprint density at radius 3 is 2.46 bits per heavy atom. The molecule has 3 aromatic rings. The van der Waals surface area contributed by atoms with E-state index in [4.69, 9.17) is 4.98 Å². The van der Waals surface area contributed by atoms with Crippen molar-refractivity contribution in [2.45, 2.75) is 38.3 Å². The number of alkyl halides is 1. The Balaban J connectivity index is 2.16. The number of fused-ring (bicyclic) bond motifs is 1. The first-order valence-electron chi connectivity index (χ1n) is 8.58. The zero-order chi connectivity index (χ0) is 19.0. The van der Waals surface area contributed by atoms with Crippen LogP contribution in [0, 0.1) is 33.5 Å². The van der Waals surface area contributed by atoms with E-state index < -0.39 is 0 Å². The fourth-order valence-electron chi connectivity index (χ4n) is 3.22. The van der Waals surface area contributed by atoms with Crippen LogP contribution < -0.4 is 5.32 Å². The van der Waals surface area contributed by atoms with Gasteiger partial charge < -0.3 is 9.88 Å². The molecular formula is C21H23FIN3. The number of aryl methyl sites for hydroxylation is 2. The monoisotopic (exact) mass is 463 g/mol. The highest BCUT2D eigenvalue weighted by molar-refractivity contribution is 14.1. The zero-order valence-electron chi connectivity index (χ0n) is 15.5. The van der Waals surface area contributed by atoms with Crippen LogP contribution in [0.25, 0.3) is 11.0 Å². The third-order valence-electron chi connectivity index (χ3n) is 4.98. The van der Waals surface area contributed by atoms with E-state index in [1.165, 1.54) is 23.4 Å². The third-order valence-corrected chi connectivity index (χ3v) is 6.05. The maximum absolute atomic E-state index is 13.2. The SMILES string of the molecule is C=CC(I)n1c(C)c(C)c2nc(C)c(C)c(NCc3ccc(F)cc3)c21. The predicted octanol–water partition coefficient (Wildman–Crippen LogP) is 6.14. The molecular weight excluding hydrogens is 440 g/mol. The first-order chi connectivity index (χ1) is 12.3. The molecule has 0 saturated heterocycles. The van der Waals surface area contributed by atoms with Gasteiger partial charge in [-0.15, -0.1) is 6.58 Å². The second kappa shape index (κ2) is 7.39. The van der Waals surface area contributed by atoms with Crippen molar-refractivity contribution in [2.24, 2.45) is 0 Å². The summed E-state index contributed by atoms with van der Waals surface area (Å²) in [5.41, 5.74) is 8.78. The molecule has 0 aliphatic carbocycles. The first-order valence-corrected chi connectivity index (χ1v) is 9.83. The molecule has 2 aromatic heterocycles. The maximum atomic E-state index is 13.2. The van der Waals surface area contributed by atoms with Gasteiger partial charge >= 0.3 is 0 Å². The van der Waals surface area contributed by atoms with E-state index in [0.717, 1.165) is 33.5 Å². The molecule has 0 amide bonds. The van der Waals surface area contributed by atoms with Gasteiger partial charge in [0.05, 0.1) is 16.7 Å². The largest absolute Gasteiger partial charge is 0.379 e. The average molecular weight is 463 g/mol. The van der Waals surface area contributed by atoms with Crippen molar-refractivity contribution in [1.29, 1.82) is 0 Å². The second-order valence-electron chi connectivity index (χ2n) is 6.56. The number of benzene rings is 1. The Hall–Kier alpha value is -1.89. The van der Waals surface area contributed by atoms with E-state index in [1.54, 1.807) is 0 Å². The molecule has 0 radical (unpaired) electrons. The number of halogens is 2. The molecule has 2 heterocycles. The van der Waals surface area contributed by atoms with Crippen LogP contribution in [0.4, 0.5) is 10.1 Å². The van der Waals surface area contributed by atoms with Crippen molar-refractivity contribution in [3.8, 4) is 0 Å². The van der Waals surface area contributed by atoms with E-state index >= 15 is 0 Å². The van der Waals surface area contributed by atoms with Crippen molar-refractivity contribution in [3.63, 3.8) is 0 Å². The van der Waals surface area contributed by atoms with Gasteiger partial charge in [0.15, 0.2) is 0 Å². The summed E-state index contributed by atoms with van der Waals surface area (Å²) in [6, 6.07) is 6.60. The zero-order valence-corrected chi connectivity index (χ0v) is 17.7. The lowest BCUT2D eigenvalue weighted by atomic mass is 10.1. The molecule has 0 aliphatic rings. The molecule has 136 valence electrons. The maximum Gasteiger partial charge on any atom is 0.123 e. The number of rotatable bonds is 5. The highest BCUT2D eigenvalue weighted by Crippen LogP contribution is 2.37. The van der Waals surface area contributed by atoms with Gasteiger partial charge in [0.2, 0.25) is 0 Å². The Labute approximate surface area is 167 Å². The van der Waals surface area contributed by atoms with Crippen molar-refractivity contribution < 1.29 is 4.39 Å². The number of anilines is 1. The van der Waals surface area contributed by atoms with E-state index in [0.29, 0.717) is 6.54 Å². The smallest absolute Gasteiger partial charge is 0.123 e. The van der Waals surface area contributed by atoms with E-state index in [9.17, 15) is 4.39 Å². The lowest BCUT2D eigenvalue weighted by Crippen LogP contribution is -2.08. The quantitative estimate of drug-likeness (QED) is 0.280. The summed E-state index contributed by atoms with van der Waals surface area (Å²) in [4.78, 5) is 4.85. The van der Waals surface area contributed by atoms with Crippen LogP contribution in [-0.2, 0) is 6.54 Å². The summed E-state index contributed by atoms with van der Waals surface area (Å²) in [6.45, 7) is 13.0. The highest BCUT2D eigenvalue weighted by atomic mass is 127. The van der Waals surface area contributed by atoms with Gasteiger partial charge in [-0.25, -0.2) is 4.39 Å². The number of nitrogens with zero attached hydrogens (tertiary/aromatic N) is 2. The molecule has 1 atom stereocenters. The Morgan fingerprint density at radius 1 is 1.19 bits per heavy atom. The molecule has 0 fully saturated rings. The predicted molar refractivity (Wildman–Crippen MR) is 116 cm³/mol. The standard InChI is InChI=1S/C21H23FIN3/c1-6-18(23)26-15(5)13(3)20-21(26)19(12(2)14(4)25-20)24-11-16-7-9-17(22)10-8-16/h6-10,18H,1,11H2,2-5H3,(H,24,25). The molecule has 1 aromatic carbocycles. The molecule has 3 nitrogen and oxygen atoms in total. The molecule has 1 N–H and O–H groups in total. The van der Waals surface area contributed by atoms with Gasteiger partial charge in [-0.3, -0.25) is 4.98 Å². The summed E-state index contributed by atoms with van der Waals surface area (Å²) in [6.07, 6.45) is 1.94. The fraction of sp³-hybridized carbons (Fsp3) is 0.286. The molecule has 3 rings (SSSR count). The summed E-state index contributed by atoms with van der Waals surface area (Å²) in [5, 5.41) is 3.57. The topological polar surface area (TPSA) is 29.9 Å². The summed E-state index contributed by atoms with van der Waals surface area (Å²) >= 11 is 2.39. The van der Waals surface area contributed by atoms with Crippen LogP contribution in [-0.4, -0.2) is 9.55 Å². The lowest BCUT2D eigenvalue weighted by molar-refractivity contribution is 0.627. The van der Waals surface area contributed by atoms with Crippen LogP contribution >= 0.6 is 22.6 Å². The van der Waals surface area contributed by atoms with Crippen LogP contribution in [0.2, 0.25) is 0 Å². The normalized spacial score (nSPS) is 12.4. The van der Waals surface area contributed by atoms with E-state index in [-0.39, 0.29) is 9.87 Å². The van der Waals surface area contributed by atoms with Gasteiger partial charge in [-0.1, -0.05) is 40.8 Å². The number of nitrogens with one attached hydrogen (secondary N) is 1. The molecule has 0 saturated carbocycles. The van der Waals surface area contributed by atoms with Gasteiger partial charge in [-0.05, 0) is 56.5 Å². The number of hydrogen-bond acceptors (Lipinski definition) is 2. The van der Waals surface area contributed by atoms with E-state index in [1.807, 2.05) is 25.1 Å². The lowest BCUT2D eigenvalue weighted by Gasteiger charge is -2.18. The highest BCUT2D eigenvalue weighted by Gasteiger charge is 2.21. The van der Waals surface area contributed by atoms with Crippen molar-refractivity contribution >= 4 is 39.3 Å².